The van der Waals surface area contributed by atoms with Gasteiger partial charge in [-0.25, -0.2) is 0 Å². The van der Waals surface area contributed by atoms with Crippen molar-refractivity contribution < 1.29 is 19.0 Å². The van der Waals surface area contributed by atoms with Gasteiger partial charge in [0, 0.05) is 29.6 Å². The van der Waals surface area contributed by atoms with Gasteiger partial charge < -0.3 is 29.4 Å². The van der Waals surface area contributed by atoms with Crippen LogP contribution >= 0.6 is 0 Å². The zero-order valence-corrected chi connectivity index (χ0v) is 18.9. The maximum atomic E-state index is 12.8. The number of carbonyl (C=O) groups excluding carboxylic acids is 1. The lowest BCUT2D eigenvalue weighted by atomic mass is 10.2. The third kappa shape index (κ3) is 4.72. The molecule has 0 bridgehead atoms. The molecule has 0 saturated carbocycles. The van der Waals surface area contributed by atoms with E-state index in [9.17, 15) is 4.79 Å². The van der Waals surface area contributed by atoms with Crippen LogP contribution in [0.3, 0.4) is 0 Å². The number of amides is 1. The Bertz CT molecular complexity index is 1250. The summed E-state index contributed by atoms with van der Waals surface area (Å²) < 4.78 is 18.3. The van der Waals surface area contributed by atoms with E-state index in [0.717, 1.165) is 16.9 Å². The van der Waals surface area contributed by atoms with Crippen LogP contribution in [-0.2, 0) is 19.0 Å². The quantitative estimate of drug-likeness (QED) is 0.500. The molecule has 0 atom stereocenters. The number of nitrogens with zero attached hydrogens (tertiary/aromatic N) is 1. The Kier molecular flexibility index (Phi) is 6.69. The van der Waals surface area contributed by atoms with Crippen LogP contribution in [0.1, 0.15) is 6.42 Å². The number of nitrogens with one attached hydrogen (secondary N) is 2. The number of benzene rings is 2. The fourth-order valence-corrected chi connectivity index (χ4v) is 3.80. The van der Waals surface area contributed by atoms with E-state index >= 15 is 0 Å². The van der Waals surface area contributed by atoms with Crippen LogP contribution in [0.25, 0.3) is 16.6 Å². The summed E-state index contributed by atoms with van der Waals surface area (Å²) in [6, 6.07) is 18.4. The molecule has 1 aliphatic carbocycles. The lowest BCUT2D eigenvalue weighted by Gasteiger charge is -2.13. The first-order valence-corrected chi connectivity index (χ1v) is 10.6. The van der Waals surface area contributed by atoms with Gasteiger partial charge in [-0.15, -0.1) is 0 Å². The number of hydrogen-bond donors (Lipinski definition) is 2. The topological polar surface area (TPSA) is 73.8 Å². The Labute approximate surface area is 192 Å². The van der Waals surface area contributed by atoms with Gasteiger partial charge in [0.2, 0.25) is 0 Å². The second-order valence-electron chi connectivity index (χ2n) is 7.39. The summed E-state index contributed by atoms with van der Waals surface area (Å²) in [7, 11) is 4.64. The normalized spacial score (nSPS) is 13.7. The third-order valence-corrected chi connectivity index (χ3v) is 5.47. The standard InChI is InChI=1S/C26H27N3O4/c1-31-23-12-11-19(15-24(32-2)25(23)33-3)26(30)28-17-27-20-8-6-9-21(16-20)29-14-13-18-7-4-5-10-22(18)29/h4-11,13-16,27H,12,17H2,1-3H3,(H,28,30). The van der Waals surface area contributed by atoms with Crippen molar-refractivity contribution in [2.75, 3.05) is 33.3 Å². The van der Waals surface area contributed by atoms with Crippen molar-refractivity contribution in [3.05, 3.63) is 95.8 Å². The number of carbonyl (C=O) groups is 1. The maximum absolute atomic E-state index is 12.8. The lowest BCUT2D eigenvalue weighted by Crippen LogP contribution is -2.29. The zero-order chi connectivity index (χ0) is 23.2. The minimum Gasteiger partial charge on any atom is -0.497 e. The molecule has 170 valence electrons. The van der Waals surface area contributed by atoms with E-state index in [1.807, 2.05) is 30.3 Å². The number of para-hydroxylation sites is 1. The molecular formula is C26H27N3O4. The first-order valence-electron chi connectivity index (χ1n) is 10.6. The summed E-state index contributed by atoms with van der Waals surface area (Å²) in [5, 5.41) is 7.35. The van der Waals surface area contributed by atoms with Crippen LogP contribution in [-0.4, -0.2) is 38.5 Å². The molecule has 0 spiro atoms. The SMILES string of the molecule is COC1=CC(C(=O)NCNc2cccc(-n3ccc4ccccc43)c2)=CCC(OC)=C1OC. The molecule has 4 rings (SSSR count). The first kappa shape index (κ1) is 22.1. The van der Waals surface area contributed by atoms with Gasteiger partial charge in [-0.2, -0.15) is 0 Å². The highest BCUT2D eigenvalue weighted by molar-refractivity contribution is 5.96. The van der Waals surface area contributed by atoms with Gasteiger partial charge in [-0.1, -0.05) is 30.3 Å². The molecule has 7 nitrogen and oxygen atoms in total. The predicted octanol–water partition coefficient (Wildman–Crippen LogP) is 4.48. The Morgan fingerprint density at radius 2 is 1.85 bits per heavy atom. The molecule has 1 amide bonds. The van der Waals surface area contributed by atoms with Crippen molar-refractivity contribution in [3.63, 3.8) is 0 Å². The summed E-state index contributed by atoms with van der Waals surface area (Å²) in [5.41, 5.74) is 3.56. The van der Waals surface area contributed by atoms with Crippen LogP contribution < -0.4 is 10.6 Å². The predicted molar refractivity (Wildman–Crippen MR) is 129 cm³/mol. The Morgan fingerprint density at radius 3 is 2.64 bits per heavy atom. The smallest absolute Gasteiger partial charge is 0.252 e. The summed E-state index contributed by atoms with van der Waals surface area (Å²) in [4.78, 5) is 12.8. The van der Waals surface area contributed by atoms with Gasteiger partial charge in [0.25, 0.3) is 5.91 Å². The largest absolute Gasteiger partial charge is 0.497 e. The molecule has 33 heavy (non-hydrogen) atoms. The summed E-state index contributed by atoms with van der Waals surface area (Å²) in [6.45, 7) is 0.268. The molecule has 1 aliphatic rings. The molecule has 0 unspecified atom stereocenters. The average molecular weight is 446 g/mol. The summed E-state index contributed by atoms with van der Waals surface area (Å²) in [5.74, 6) is 1.29. The van der Waals surface area contributed by atoms with E-state index in [-0.39, 0.29) is 12.6 Å². The van der Waals surface area contributed by atoms with E-state index in [1.54, 1.807) is 26.4 Å². The average Bonchev–Trinajstić information content (AvgIpc) is 3.19. The van der Waals surface area contributed by atoms with Crippen molar-refractivity contribution >= 4 is 22.5 Å². The van der Waals surface area contributed by atoms with Gasteiger partial charge in [-0.05, 0) is 41.8 Å². The second kappa shape index (κ2) is 9.99. The van der Waals surface area contributed by atoms with Crippen molar-refractivity contribution in [2.45, 2.75) is 6.42 Å². The number of anilines is 1. The molecule has 0 radical (unpaired) electrons. The molecule has 7 heteroatoms. The van der Waals surface area contributed by atoms with Crippen LogP contribution in [0.4, 0.5) is 5.69 Å². The Morgan fingerprint density at radius 1 is 1.00 bits per heavy atom. The molecule has 0 saturated heterocycles. The van der Waals surface area contributed by atoms with Crippen molar-refractivity contribution in [1.29, 1.82) is 0 Å². The lowest BCUT2D eigenvalue weighted by molar-refractivity contribution is -0.117. The van der Waals surface area contributed by atoms with Gasteiger partial charge in [0.15, 0.2) is 11.5 Å². The monoisotopic (exact) mass is 445 g/mol. The number of ether oxygens (including phenoxy) is 3. The molecule has 3 aromatic rings. The van der Waals surface area contributed by atoms with Gasteiger partial charge in [0.05, 0.1) is 33.5 Å². The van der Waals surface area contributed by atoms with E-state index in [4.69, 9.17) is 14.2 Å². The fraction of sp³-hybridized carbons (Fsp3) is 0.192. The number of allylic oxidation sites excluding steroid dienone is 1. The maximum Gasteiger partial charge on any atom is 0.252 e. The number of aromatic nitrogens is 1. The fourth-order valence-electron chi connectivity index (χ4n) is 3.80. The molecule has 2 aromatic carbocycles. The Hall–Kier alpha value is -4.13. The van der Waals surface area contributed by atoms with Crippen molar-refractivity contribution in [3.8, 4) is 5.69 Å². The highest BCUT2D eigenvalue weighted by Gasteiger charge is 2.20. The molecule has 2 N–H and O–H groups in total. The molecule has 0 fully saturated rings. The molecular weight excluding hydrogens is 418 g/mol. The third-order valence-electron chi connectivity index (χ3n) is 5.47. The van der Waals surface area contributed by atoms with Crippen LogP contribution in [0.15, 0.2) is 95.8 Å². The van der Waals surface area contributed by atoms with Gasteiger partial charge in [-0.3, -0.25) is 4.79 Å². The number of hydrogen-bond acceptors (Lipinski definition) is 5. The van der Waals surface area contributed by atoms with Crippen LogP contribution in [0.5, 0.6) is 0 Å². The van der Waals surface area contributed by atoms with Crippen molar-refractivity contribution in [1.82, 2.24) is 9.88 Å². The van der Waals surface area contributed by atoms with Crippen LogP contribution in [0.2, 0.25) is 0 Å². The number of rotatable bonds is 8. The second-order valence-corrected chi connectivity index (χ2v) is 7.39. The van der Waals surface area contributed by atoms with E-state index < -0.39 is 0 Å². The molecule has 1 aromatic heterocycles. The van der Waals surface area contributed by atoms with E-state index in [2.05, 4.69) is 45.7 Å². The first-order chi connectivity index (χ1) is 16.1. The van der Waals surface area contributed by atoms with Gasteiger partial charge in [0.1, 0.15) is 5.76 Å². The van der Waals surface area contributed by atoms with E-state index in [0.29, 0.717) is 29.3 Å². The minimum absolute atomic E-state index is 0.225. The number of methoxy groups -OCH3 is 3. The Balaban J connectivity index is 1.42. The highest BCUT2D eigenvalue weighted by atomic mass is 16.5. The van der Waals surface area contributed by atoms with Gasteiger partial charge >= 0.3 is 0 Å². The van der Waals surface area contributed by atoms with Crippen molar-refractivity contribution in [2.24, 2.45) is 0 Å². The molecule has 0 aliphatic heterocycles. The minimum atomic E-state index is -0.225. The number of fused-ring (bicyclic) bond motifs is 1. The van der Waals surface area contributed by atoms with E-state index in [1.165, 1.54) is 12.5 Å². The highest BCUT2D eigenvalue weighted by Crippen LogP contribution is 2.26. The van der Waals surface area contributed by atoms with Crippen LogP contribution in [0, 0.1) is 0 Å². The molecule has 1 heterocycles. The zero-order valence-electron chi connectivity index (χ0n) is 18.9. The summed E-state index contributed by atoms with van der Waals surface area (Å²) >= 11 is 0. The summed E-state index contributed by atoms with van der Waals surface area (Å²) in [6.07, 6.45) is 5.92.